The standard InChI is InChI=1S/C18H12Br2N2OS/c19-14-8-6-13(7-9-14)16-11-24-18(21-16)22-17(23)15(20)10-12-4-2-1-3-5-12/h1-11H,(H,21,22,23)/b15-10-. The van der Waals surface area contributed by atoms with Crippen molar-refractivity contribution in [1.82, 2.24) is 4.98 Å². The molecule has 6 heteroatoms. The lowest BCUT2D eigenvalue weighted by Crippen LogP contribution is -2.10. The molecular formula is C18H12Br2N2OS. The Morgan fingerprint density at radius 1 is 1.08 bits per heavy atom. The van der Waals surface area contributed by atoms with Crippen LogP contribution in [-0.2, 0) is 4.79 Å². The molecule has 0 aliphatic rings. The Kier molecular flexibility index (Phi) is 5.60. The van der Waals surface area contributed by atoms with E-state index in [0.717, 1.165) is 21.3 Å². The fraction of sp³-hybridized carbons (Fsp3) is 0. The van der Waals surface area contributed by atoms with Crippen molar-refractivity contribution < 1.29 is 4.79 Å². The van der Waals surface area contributed by atoms with Gasteiger partial charge < -0.3 is 0 Å². The first-order chi connectivity index (χ1) is 11.6. The lowest BCUT2D eigenvalue weighted by Gasteiger charge is -2.01. The Hall–Kier alpha value is -1.76. The highest BCUT2D eigenvalue weighted by molar-refractivity contribution is 9.12. The van der Waals surface area contributed by atoms with Gasteiger partial charge in [0, 0.05) is 15.4 Å². The Labute approximate surface area is 160 Å². The highest BCUT2D eigenvalue weighted by Gasteiger charge is 2.10. The van der Waals surface area contributed by atoms with Gasteiger partial charge in [-0.2, -0.15) is 0 Å². The summed E-state index contributed by atoms with van der Waals surface area (Å²) in [5.41, 5.74) is 2.80. The number of thiazole rings is 1. The molecule has 0 bridgehead atoms. The molecule has 0 spiro atoms. The Bertz CT molecular complexity index is 874. The number of halogens is 2. The van der Waals surface area contributed by atoms with E-state index < -0.39 is 0 Å². The van der Waals surface area contributed by atoms with Crippen molar-refractivity contribution in [2.45, 2.75) is 0 Å². The highest BCUT2D eigenvalue weighted by atomic mass is 79.9. The quantitative estimate of drug-likeness (QED) is 0.486. The number of aromatic nitrogens is 1. The Morgan fingerprint density at radius 2 is 1.79 bits per heavy atom. The minimum atomic E-state index is -0.226. The van der Waals surface area contributed by atoms with E-state index in [2.05, 4.69) is 42.2 Å². The second kappa shape index (κ2) is 7.88. The van der Waals surface area contributed by atoms with Crippen LogP contribution >= 0.6 is 43.2 Å². The molecule has 2 aromatic carbocycles. The predicted octanol–water partition coefficient (Wildman–Crippen LogP) is 5.95. The maximum absolute atomic E-state index is 12.2. The Balaban J connectivity index is 1.71. The van der Waals surface area contributed by atoms with Crippen molar-refractivity contribution in [2.24, 2.45) is 0 Å². The van der Waals surface area contributed by atoms with E-state index >= 15 is 0 Å². The lowest BCUT2D eigenvalue weighted by atomic mass is 10.2. The van der Waals surface area contributed by atoms with Gasteiger partial charge in [-0.05, 0) is 39.7 Å². The van der Waals surface area contributed by atoms with Crippen molar-refractivity contribution in [2.75, 3.05) is 5.32 Å². The number of benzene rings is 2. The molecule has 24 heavy (non-hydrogen) atoms. The molecule has 1 heterocycles. The molecule has 0 fully saturated rings. The van der Waals surface area contributed by atoms with Crippen molar-refractivity contribution in [3.63, 3.8) is 0 Å². The molecule has 0 aliphatic carbocycles. The number of nitrogens with zero attached hydrogens (tertiary/aromatic N) is 1. The zero-order valence-electron chi connectivity index (χ0n) is 12.4. The van der Waals surface area contributed by atoms with E-state index in [-0.39, 0.29) is 5.91 Å². The van der Waals surface area contributed by atoms with Crippen LogP contribution < -0.4 is 5.32 Å². The van der Waals surface area contributed by atoms with Crippen LogP contribution in [0.1, 0.15) is 5.56 Å². The van der Waals surface area contributed by atoms with Gasteiger partial charge in [0.15, 0.2) is 5.13 Å². The number of carbonyl (C=O) groups excluding carboxylic acids is 1. The molecule has 3 aromatic rings. The van der Waals surface area contributed by atoms with Crippen LogP contribution in [-0.4, -0.2) is 10.9 Å². The number of carbonyl (C=O) groups is 1. The van der Waals surface area contributed by atoms with Gasteiger partial charge >= 0.3 is 0 Å². The molecule has 0 radical (unpaired) electrons. The molecule has 0 saturated carbocycles. The number of hydrogen-bond donors (Lipinski definition) is 1. The fourth-order valence-corrected chi connectivity index (χ4v) is 3.34. The smallest absolute Gasteiger partial charge is 0.264 e. The molecule has 0 atom stereocenters. The molecule has 1 aromatic heterocycles. The van der Waals surface area contributed by atoms with E-state index in [1.54, 1.807) is 6.08 Å². The van der Waals surface area contributed by atoms with Gasteiger partial charge in [0.05, 0.1) is 10.2 Å². The first-order valence-corrected chi connectivity index (χ1v) is 9.53. The Morgan fingerprint density at radius 3 is 2.50 bits per heavy atom. The van der Waals surface area contributed by atoms with Gasteiger partial charge in [-0.3, -0.25) is 10.1 Å². The number of hydrogen-bond acceptors (Lipinski definition) is 3. The molecule has 1 N–H and O–H groups in total. The molecule has 3 nitrogen and oxygen atoms in total. The van der Waals surface area contributed by atoms with Gasteiger partial charge in [0.1, 0.15) is 0 Å². The largest absolute Gasteiger partial charge is 0.297 e. The van der Waals surface area contributed by atoms with Gasteiger partial charge in [-0.15, -0.1) is 11.3 Å². The van der Waals surface area contributed by atoms with Crippen LogP contribution in [0, 0.1) is 0 Å². The predicted molar refractivity (Wildman–Crippen MR) is 107 cm³/mol. The summed E-state index contributed by atoms with van der Waals surface area (Å²) in [6, 6.07) is 17.5. The summed E-state index contributed by atoms with van der Waals surface area (Å²) in [7, 11) is 0. The zero-order valence-corrected chi connectivity index (χ0v) is 16.4. The lowest BCUT2D eigenvalue weighted by molar-refractivity contribution is -0.112. The van der Waals surface area contributed by atoms with Crippen LogP contribution in [0.3, 0.4) is 0 Å². The summed E-state index contributed by atoms with van der Waals surface area (Å²) in [4.78, 5) is 16.7. The van der Waals surface area contributed by atoms with Crippen LogP contribution in [0.15, 0.2) is 68.9 Å². The molecule has 3 rings (SSSR count). The SMILES string of the molecule is O=C(Nc1nc(-c2ccc(Br)cc2)cs1)/C(Br)=C/c1ccccc1. The first-order valence-electron chi connectivity index (χ1n) is 7.07. The van der Waals surface area contributed by atoms with Crippen molar-refractivity contribution in [3.05, 3.63) is 74.5 Å². The third-order valence-electron chi connectivity index (χ3n) is 3.17. The molecule has 0 saturated heterocycles. The minimum Gasteiger partial charge on any atom is -0.297 e. The number of rotatable bonds is 4. The molecule has 120 valence electrons. The van der Waals surface area contributed by atoms with Gasteiger partial charge in [-0.25, -0.2) is 4.98 Å². The minimum absolute atomic E-state index is 0.226. The summed E-state index contributed by atoms with van der Waals surface area (Å²) in [6.45, 7) is 0. The van der Waals surface area contributed by atoms with E-state index in [9.17, 15) is 4.79 Å². The topological polar surface area (TPSA) is 42.0 Å². The molecule has 1 amide bonds. The molecule has 0 unspecified atom stereocenters. The number of anilines is 1. The third-order valence-corrected chi connectivity index (χ3v) is 5.05. The average Bonchev–Trinajstić information content (AvgIpc) is 3.05. The third kappa shape index (κ3) is 4.41. The van der Waals surface area contributed by atoms with E-state index in [0.29, 0.717) is 9.61 Å². The highest BCUT2D eigenvalue weighted by Crippen LogP contribution is 2.26. The summed E-state index contributed by atoms with van der Waals surface area (Å²) in [6.07, 6.45) is 1.78. The molecule has 0 aliphatic heterocycles. The van der Waals surface area contributed by atoms with Crippen molar-refractivity contribution in [3.8, 4) is 11.3 Å². The second-order valence-corrected chi connectivity index (χ2v) is 7.53. The van der Waals surface area contributed by atoms with Gasteiger partial charge in [0.2, 0.25) is 0 Å². The van der Waals surface area contributed by atoms with Crippen LogP contribution in [0.25, 0.3) is 17.3 Å². The first kappa shape index (κ1) is 17.1. The maximum atomic E-state index is 12.2. The second-order valence-electron chi connectivity index (χ2n) is 4.90. The maximum Gasteiger partial charge on any atom is 0.264 e. The van der Waals surface area contributed by atoms with E-state index in [1.165, 1.54) is 11.3 Å². The summed E-state index contributed by atoms with van der Waals surface area (Å²) in [5.74, 6) is -0.226. The zero-order chi connectivity index (χ0) is 16.9. The summed E-state index contributed by atoms with van der Waals surface area (Å²) in [5, 5.41) is 5.30. The van der Waals surface area contributed by atoms with E-state index in [4.69, 9.17) is 0 Å². The van der Waals surface area contributed by atoms with Crippen molar-refractivity contribution in [1.29, 1.82) is 0 Å². The van der Waals surface area contributed by atoms with Crippen LogP contribution in [0.5, 0.6) is 0 Å². The fourth-order valence-electron chi connectivity index (χ4n) is 2.00. The van der Waals surface area contributed by atoms with Gasteiger partial charge in [-0.1, -0.05) is 58.4 Å². The summed E-state index contributed by atoms with van der Waals surface area (Å²) >= 11 is 8.13. The normalized spacial score (nSPS) is 11.3. The van der Waals surface area contributed by atoms with Gasteiger partial charge in [0.25, 0.3) is 5.91 Å². The van der Waals surface area contributed by atoms with Crippen molar-refractivity contribution >= 4 is 60.3 Å². The summed E-state index contributed by atoms with van der Waals surface area (Å²) < 4.78 is 1.47. The van der Waals surface area contributed by atoms with Crippen LogP contribution in [0.4, 0.5) is 5.13 Å². The molecular weight excluding hydrogens is 452 g/mol. The van der Waals surface area contributed by atoms with E-state index in [1.807, 2.05) is 60.0 Å². The van der Waals surface area contributed by atoms with Crippen LogP contribution in [0.2, 0.25) is 0 Å². The number of nitrogens with one attached hydrogen (secondary N) is 1. The number of amides is 1. The average molecular weight is 464 g/mol. The monoisotopic (exact) mass is 462 g/mol.